The molecule has 9 nitrogen and oxygen atoms in total. The number of fused-ring (bicyclic) bond motifs is 1. The number of nitriles is 1. The topological polar surface area (TPSA) is 118 Å². The summed E-state index contributed by atoms with van der Waals surface area (Å²) in [5.41, 5.74) is 1.29. The normalized spacial score (nSPS) is 14.2. The largest absolute Gasteiger partial charge is 0.459 e. The van der Waals surface area contributed by atoms with Crippen molar-refractivity contribution in [3.05, 3.63) is 52.4 Å². The fourth-order valence-electron chi connectivity index (χ4n) is 3.66. The average molecular weight is 438 g/mol. The Labute approximate surface area is 179 Å². The maximum absolute atomic E-state index is 14.0. The van der Waals surface area contributed by atoms with Gasteiger partial charge in [-0.1, -0.05) is 0 Å². The van der Waals surface area contributed by atoms with Crippen molar-refractivity contribution in [1.82, 2.24) is 19.9 Å². The number of imidazole rings is 1. The molecule has 1 saturated heterocycles. The zero-order valence-corrected chi connectivity index (χ0v) is 16.8. The van der Waals surface area contributed by atoms with Crippen LogP contribution in [0.15, 0.2) is 39.4 Å². The number of oxazole rings is 1. The van der Waals surface area contributed by atoms with Crippen molar-refractivity contribution in [2.45, 2.75) is 0 Å². The number of aromatic amines is 2. The van der Waals surface area contributed by atoms with Gasteiger partial charge in [-0.15, -0.1) is 0 Å². The van der Waals surface area contributed by atoms with Gasteiger partial charge in [0.2, 0.25) is 11.6 Å². The Kier molecular flexibility index (Phi) is 4.56. The van der Waals surface area contributed by atoms with Crippen LogP contribution in [0.4, 0.5) is 10.3 Å². The average Bonchev–Trinajstić information content (AvgIpc) is 3.51. The first-order chi connectivity index (χ1) is 15.0. The van der Waals surface area contributed by atoms with E-state index in [0.29, 0.717) is 53.6 Å². The number of hydrogen-bond acceptors (Lipinski definition) is 7. The molecule has 1 aliphatic heterocycles. The first kappa shape index (κ1) is 19.1. The molecule has 0 saturated carbocycles. The fourth-order valence-corrected chi connectivity index (χ4v) is 3.88. The molecular weight excluding hydrogens is 423 g/mol. The summed E-state index contributed by atoms with van der Waals surface area (Å²) in [6.07, 6.45) is 1.50. The Morgan fingerprint density at radius 2 is 2.06 bits per heavy atom. The van der Waals surface area contributed by atoms with E-state index < -0.39 is 5.82 Å². The first-order valence-electron chi connectivity index (χ1n) is 9.44. The van der Waals surface area contributed by atoms with Gasteiger partial charge in [0.1, 0.15) is 11.9 Å². The monoisotopic (exact) mass is 438 g/mol. The Morgan fingerprint density at radius 1 is 1.26 bits per heavy atom. The summed E-state index contributed by atoms with van der Waals surface area (Å²) in [5, 5.41) is 9.43. The van der Waals surface area contributed by atoms with Crippen LogP contribution in [0.1, 0.15) is 16.1 Å². The van der Waals surface area contributed by atoms with Crippen LogP contribution in [0.25, 0.3) is 22.7 Å². The Hall–Kier alpha value is -3.91. The van der Waals surface area contributed by atoms with E-state index in [0.717, 1.165) is 0 Å². The number of piperazine rings is 1. The van der Waals surface area contributed by atoms with Gasteiger partial charge < -0.3 is 28.6 Å². The van der Waals surface area contributed by atoms with Crippen molar-refractivity contribution in [1.29, 1.82) is 5.26 Å². The van der Waals surface area contributed by atoms with E-state index in [9.17, 15) is 14.4 Å². The summed E-state index contributed by atoms with van der Waals surface area (Å²) < 4.78 is 25.4. The van der Waals surface area contributed by atoms with Crippen LogP contribution in [-0.2, 0) is 0 Å². The van der Waals surface area contributed by atoms with E-state index in [4.69, 9.17) is 21.1 Å². The fraction of sp³-hybridized carbons (Fsp3) is 0.200. The van der Waals surface area contributed by atoms with Gasteiger partial charge >= 0.3 is 0 Å². The van der Waals surface area contributed by atoms with Gasteiger partial charge in [0.25, 0.3) is 11.8 Å². The Morgan fingerprint density at radius 3 is 2.77 bits per heavy atom. The highest BCUT2D eigenvalue weighted by Gasteiger charge is 2.28. The van der Waals surface area contributed by atoms with E-state index in [1.54, 1.807) is 17.0 Å². The lowest BCUT2D eigenvalue weighted by Crippen LogP contribution is -2.49. The lowest BCUT2D eigenvalue weighted by atomic mass is 10.1. The van der Waals surface area contributed by atoms with Crippen molar-refractivity contribution >= 4 is 35.0 Å². The minimum atomic E-state index is -0.523. The molecule has 1 aromatic carbocycles. The summed E-state index contributed by atoms with van der Waals surface area (Å²) in [7, 11) is 0. The number of aromatic nitrogens is 3. The van der Waals surface area contributed by atoms with Crippen LogP contribution in [0.5, 0.6) is 0 Å². The van der Waals surface area contributed by atoms with E-state index in [1.807, 2.05) is 11.0 Å². The number of rotatable bonds is 3. The van der Waals surface area contributed by atoms with Crippen molar-refractivity contribution < 1.29 is 18.0 Å². The van der Waals surface area contributed by atoms with E-state index >= 15 is 0 Å². The zero-order valence-electron chi connectivity index (χ0n) is 16.0. The zero-order chi connectivity index (χ0) is 21.5. The van der Waals surface area contributed by atoms with Crippen molar-refractivity contribution in [2.24, 2.45) is 0 Å². The molecule has 0 atom stereocenters. The molecule has 4 heterocycles. The summed E-state index contributed by atoms with van der Waals surface area (Å²) in [6, 6.07) is 7.93. The highest BCUT2D eigenvalue weighted by Crippen LogP contribution is 2.29. The molecule has 0 aliphatic carbocycles. The van der Waals surface area contributed by atoms with Crippen LogP contribution in [0.2, 0.25) is 0 Å². The molecule has 31 heavy (non-hydrogen) atoms. The van der Waals surface area contributed by atoms with Gasteiger partial charge in [-0.3, -0.25) is 4.79 Å². The van der Waals surface area contributed by atoms with Gasteiger partial charge in [-0.25, -0.2) is 4.39 Å². The minimum Gasteiger partial charge on any atom is -0.459 e. The number of nitrogens with zero attached hydrogens (tertiary/aromatic N) is 4. The minimum absolute atomic E-state index is 0.151. The molecule has 156 valence electrons. The van der Waals surface area contributed by atoms with Crippen molar-refractivity contribution in [3.8, 4) is 17.7 Å². The second-order valence-electron chi connectivity index (χ2n) is 7.00. The molecule has 2 N–H and O–H groups in total. The molecule has 1 amide bonds. The molecule has 0 radical (unpaired) electrons. The second kappa shape index (κ2) is 7.41. The van der Waals surface area contributed by atoms with Crippen LogP contribution < -0.4 is 4.90 Å². The lowest BCUT2D eigenvalue weighted by molar-refractivity contribution is 0.0746. The molecule has 4 aromatic rings. The summed E-state index contributed by atoms with van der Waals surface area (Å²) in [5.74, 6) is 0.161. The molecule has 0 bridgehead atoms. The quantitative estimate of drug-likeness (QED) is 0.470. The van der Waals surface area contributed by atoms with Crippen LogP contribution >= 0.6 is 12.2 Å². The van der Waals surface area contributed by atoms with Crippen LogP contribution in [0, 0.1) is 21.9 Å². The van der Waals surface area contributed by atoms with Crippen molar-refractivity contribution in [3.63, 3.8) is 0 Å². The molecular formula is C20H15FN6O3S. The number of amides is 1. The summed E-state index contributed by atoms with van der Waals surface area (Å²) >= 11 is 5.07. The van der Waals surface area contributed by atoms with Gasteiger partial charge in [-0.2, -0.15) is 10.2 Å². The number of nitrogens with one attached hydrogen (secondary N) is 2. The first-order valence-corrected chi connectivity index (χ1v) is 9.85. The molecule has 5 rings (SSSR count). The van der Waals surface area contributed by atoms with Crippen molar-refractivity contribution in [2.75, 3.05) is 31.1 Å². The number of carbonyl (C=O) groups is 1. The molecule has 0 spiro atoms. The Balaban J connectivity index is 1.36. The molecule has 1 aliphatic rings. The van der Waals surface area contributed by atoms with E-state index in [1.165, 1.54) is 18.4 Å². The number of carbonyl (C=O) groups excluding carboxylic acids is 1. The number of H-pyrrole nitrogens is 2. The van der Waals surface area contributed by atoms with Crippen LogP contribution in [-0.4, -0.2) is 51.9 Å². The third-order valence-electron chi connectivity index (χ3n) is 5.12. The maximum atomic E-state index is 14.0. The predicted octanol–water partition coefficient (Wildman–Crippen LogP) is 3.45. The highest BCUT2D eigenvalue weighted by molar-refractivity contribution is 7.71. The number of halogens is 1. The lowest BCUT2D eigenvalue weighted by Gasteiger charge is -2.34. The molecule has 11 heteroatoms. The molecule has 3 aromatic heterocycles. The van der Waals surface area contributed by atoms with Gasteiger partial charge in [0.15, 0.2) is 10.5 Å². The molecule has 1 fully saturated rings. The third-order valence-corrected chi connectivity index (χ3v) is 5.33. The third kappa shape index (κ3) is 3.36. The number of anilines is 1. The number of furan rings is 1. The standard InChI is InChI=1S/C20H15FN6O3S/c21-11-8-12(16-13(9-11)24-20(31)25-16)18(28)26-3-5-27(6-4-26)19-14(10-22)23-17(30-19)15-2-1-7-29-15/h1-2,7-9H,3-6H2,(H2,24,25,31). The van der Waals surface area contributed by atoms with Gasteiger partial charge in [-0.05, 0) is 36.5 Å². The highest BCUT2D eigenvalue weighted by atomic mass is 32.1. The van der Waals surface area contributed by atoms with Crippen LogP contribution in [0.3, 0.4) is 0 Å². The van der Waals surface area contributed by atoms with Gasteiger partial charge in [0, 0.05) is 26.2 Å². The number of hydrogen-bond donors (Lipinski definition) is 2. The Bertz CT molecular complexity index is 1370. The predicted molar refractivity (Wildman–Crippen MR) is 110 cm³/mol. The maximum Gasteiger partial charge on any atom is 0.266 e. The SMILES string of the molecule is N#Cc1nc(-c2ccco2)oc1N1CCN(C(=O)c2cc(F)cc3[nH]c(=S)[nH]c23)CC1. The van der Waals surface area contributed by atoms with Gasteiger partial charge in [0.05, 0.1) is 22.9 Å². The molecule has 0 unspecified atom stereocenters. The number of benzene rings is 1. The summed E-state index contributed by atoms with van der Waals surface area (Å²) in [4.78, 5) is 26.5. The van der Waals surface area contributed by atoms with E-state index in [2.05, 4.69) is 15.0 Å². The summed E-state index contributed by atoms with van der Waals surface area (Å²) in [6.45, 7) is 1.58. The van der Waals surface area contributed by atoms with E-state index in [-0.39, 0.29) is 23.1 Å². The second-order valence-corrected chi connectivity index (χ2v) is 7.40. The smallest absolute Gasteiger partial charge is 0.266 e.